The monoisotopic (exact) mass is 181 g/mol. The first-order valence-corrected chi connectivity index (χ1v) is 4.87. The maximum atomic E-state index is 4.88. The minimum Gasteiger partial charge on any atom is -0.340 e. The van der Waals surface area contributed by atoms with Crippen LogP contribution in [0.5, 0.6) is 0 Å². The standard InChI is InChI=1S/C9H15N3O/c1-7-11-9(12-13-7)6-10-8-4-2-3-5-8/h8,10H,2-6H2,1H3. The van der Waals surface area contributed by atoms with E-state index in [4.69, 9.17) is 4.52 Å². The maximum Gasteiger partial charge on any atom is 0.223 e. The van der Waals surface area contributed by atoms with Gasteiger partial charge in [0.1, 0.15) is 0 Å². The van der Waals surface area contributed by atoms with Gasteiger partial charge in [0, 0.05) is 13.0 Å². The summed E-state index contributed by atoms with van der Waals surface area (Å²) in [5.74, 6) is 1.41. The third kappa shape index (κ3) is 2.28. The molecule has 1 heterocycles. The Morgan fingerprint density at radius 3 is 2.85 bits per heavy atom. The Bertz CT molecular complexity index is 266. The minimum absolute atomic E-state index is 0.642. The molecule has 13 heavy (non-hydrogen) atoms. The second-order valence-electron chi connectivity index (χ2n) is 3.59. The molecule has 0 bridgehead atoms. The predicted octanol–water partition coefficient (Wildman–Crippen LogP) is 1.41. The first-order valence-electron chi connectivity index (χ1n) is 4.87. The van der Waals surface area contributed by atoms with Crippen molar-refractivity contribution in [3.05, 3.63) is 11.7 Å². The molecule has 1 aromatic rings. The molecule has 0 aliphatic heterocycles. The molecule has 0 radical (unpaired) electrons. The van der Waals surface area contributed by atoms with E-state index in [1.165, 1.54) is 25.7 Å². The Kier molecular flexibility index (Phi) is 2.59. The summed E-state index contributed by atoms with van der Waals surface area (Å²) in [5.41, 5.74) is 0. The smallest absolute Gasteiger partial charge is 0.223 e. The van der Waals surface area contributed by atoms with Gasteiger partial charge < -0.3 is 9.84 Å². The van der Waals surface area contributed by atoms with E-state index >= 15 is 0 Å². The summed E-state index contributed by atoms with van der Waals surface area (Å²) in [6, 6.07) is 0.666. The lowest BCUT2D eigenvalue weighted by Gasteiger charge is -2.08. The molecular weight excluding hydrogens is 166 g/mol. The predicted molar refractivity (Wildman–Crippen MR) is 48.1 cm³/mol. The fourth-order valence-corrected chi connectivity index (χ4v) is 1.78. The largest absolute Gasteiger partial charge is 0.340 e. The van der Waals surface area contributed by atoms with E-state index < -0.39 is 0 Å². The van der Waals surface area contributed by atoms with Crippen molar-refractivity contribution >= 4 is 0 Å². The SMILES string of the molecule is Cc1nc(CNC2CCCC2)no1. The number of nitrogens with one attached hydrogen (secondary N) is 1. The third-order valence-electron chi connectivity index (χ3n) is 2.47. The lowest BCUT2D eigenvalue weighted by atomic mass is 10.2. The van der Waals surface area contributed by atoms with Crippen LogP contribution in [0.2, 0.25) is 0 Å². The van der Waals surface area contributed by atoms with Gasteiger partial charge in [-0.2, -0.15) is 4.98 Å². The molecule has 1 aromatic heterocycles. The average Bonchev–Trinajstić information content (AvgIpc) is 2.71. The molecule has 0 aromatic carbocycles. The normalized spacial score (nSPS) is 18.2. The van der Waals surface area contributed by atoms with Crippen LogP contribution in [-0.2, 0) is 6.54 Å². The first-order chi connectivity index (χ1) is 6.34. The van der Waals surface area contributed by atoms with Gasteiger partial charge in [-0.1, -0.05) is 18.0 Å². The Labute approximate surface area is 77.7 Å². The lowest BCUT2D eigenvalue weighted by Crippen LogP contribution is -2.25. The topological polar surface area (TPSA) is 51.0 Å². The molecule has 0 amide bonds. The highest BCUT2D eigenvalue weighted by Gasteiger charge is 2.14. The lowest BCUT2D eigenvalue weighted by molar-refractivity contribution is 0.383. The van der Waals surface area contributed by atoms with Crippen molar-refractivity contribution in [2.75, 3.05) is 0 Å². The van der Waals surface area contributed by atoms with Crippen LogP contribution in [0.1, 0.15) is 37.4 Å². The maximum absolute atomic E-state index is 4.88. The van der Waals surface area contributed by atoms with Gasteiger partial charge in [-0.15, -0.1) is 0 Å². The molecule has 0 saturated heterocycles. The molecular formula is C9H15N3O. The van der Waals surface area contributed by atoms with Gasteiger partial charge in [-0.05, 0) is 12.8 Å². The molecule has 1 fully saturated rings. The molecule has 0 atom stereocenters. The zero-order valence-corrected chi connectivity index (χ0v) is 7.92. The molecule has 72 valence electrons. The molecule has 1 aliphatic rings. The Hall–Kier alpha value is -0.900. The highest BCUT2D eigenvalue weighted by Crippen LogP contribution is 2.17. The fraction of sp³-hybridized carbons (Fsp3) is 0.778. The summed E-state index contributed by atoms with van der Waals surface area (Å²) >= 11 is 0. The Morgan fingerprint density at radius 2 is 2.23 bits per heavy atom. The highest BCUT2D eigenvalue weighted by atomic mass is 16.5. The number of hydrogen-bond acceptors (Lipinski definition) is 4. The van der Waals surface area contributed by atoms with Crippen molar-refractivity contribution in [1.82, 2.24) is 15.5 Å². The Morgan fingerprint density at radius 1 is 1.46 bits per heavy atom. The Balaban J connectivity index is 1.78. The van der Waals surface area contributed by atoms with Crippen molar-refractivity contribution in [1.29, 1.82) is 0 Å². The second kappa shape index (κ2) is 3.87. The molecule has 4 heteroatoms. The van der Waals surface area contributed by atoms with Crippen LogP contribution >= 0.6 is 0 Å². The third-order valence-corrected chi connectivity index (χ3v) is 2.47. The van der Waals surface area contributed by atoms with Crippen LogP contribution < -0.4 is 5.32 Å². The van der Waals surface area contributed by atoms with Crippen LogP contribution in [0.25, 0.3) is 0 Å². The number of hydrogen-bond donors (Lipinski definition) is 1. The van der Waals surface area contributed by atoms with Crippen molar-refractivity contribution in [2.45, 2.75) is 45.2 Å². The molecule has 1 aliphatic carbocycles. The number of aromatic nitrogens is 2. The summed E-state index contributed by atoms with van der Waals surface area (Å²) in [6.07, 6.45) is 5.28. The molecule has 0 spiro atoms. The van der Waals surface area contributed by atoms with Crippen molar-refractivity contribution in [3.63, 3.8) is 0 Å². The van der Waals surface area contributed by atoms with Crippen molar-refractivity contribution in [3.8, 4) is 0 Å². The van der Waals surface area contributed by atoms with Crippen molar-refractivity contribution in [2.24, 2.45) is 0 Å². The van der Waals surface area contributed by atoms with Crippen LogP contribution in [-0.4, -0.2) is 16.2 Å². The molecule has 4 nitrogen and oxygen atoms in total. The first kappa shape index (κ1) is 8.69. The van der Waals surface area contributed by atoms with E-state index in [-0.39, 0.29) is 0 Å². The van der Waals surface area contributed by atoms with Gasteiger partial charge in [-0.3, -0.25) is 0 Å². The number of nitrogens with zero attached hydrogens (tertiary/aromatic N) is 2. The number of rotatable bonds is 3. The summed E-state index contributed by atoms with van der Waals surface area (Å²) in [7, 11) is 0. The molecule has 1 saturated carbocycles. The zero-order valence-electron chi connectivity index (χ0n) is 7.92. The fourth-order valence-electron chi connectivity index (χ4n) is 1.78. The second-order valence-corrected chi connectivity index (χ2v) is 3.59. The van der Waals surface area contributed by atoms with Gasteiger partial charge in [0.05, 0.1) is 6.54 Å². The summed E-state index contributed by atoms with van der Waals surface area (Å²) in [5, 5.41) is 7.25. The van der Waals surface area contributed by atoms with Gasteiger partial charge in [0.25, 0.3) is 0 Å². The zero-order chi connectivity index (χ0) is 9.10. The summed E-state index contributed by atoms with van der Waals surface area (Å²) in [6.45, 7) is 2.55. The molecule has 2 rings (SSSR count). The van der Waals surface area contributed by atoms with Crippen LogP contribution in [0, 0.1) is 6.92 Å². The van der Waals surface area contributed by atoms with E-state index in [0.29, 0.717) is 11.9 Å². The number of aryl methyl sites for hydroxylation is 1. The van der Waals surface area contributed by atoms with Crippen LogP contribution in [0.4, 0.5) is 0 Å². The van der Waals surface area contributed by atoms with E-state index in [0.717, 1.165) is 12.4 Å². The van der Waals surface area contributed by atoms with E-state index in [1.807, 2.05) is 6.92 Å². The van der Waals surface area contributed by atoms with Crippen LogP contribution in [0.15, 0.2) is 4.52 Å². The molecule has 0 unspecified atom stereocenters. The summed E-state index contributed by atoms with van der Waals surface area (Å²) in [4.78, 5) is 4.13. The van der Waals surface area contributed by atoms with Crippen LogP contribution in [0.3, 0.4) is 0 Å². The van der Waals surface area contributed by atoms with Crippen molar-refractivity contribution < 1.29 is 4.52 Å². The average molecular weight is 181 g/mol. The van der Waals surface area contributed by atoms with E-state index in [2.05, 4.69) is 15.5 Å². The van der Waals surface area contributed by atoms with Gasteiger partial charge >= 0.3 is 0 Å². The quantitative estimate of drug-likeness (QED) is 0.766. The summed E-state index contributed by atoms with van der Waals surface area (Å²) < 4.78 is 4.88. The van der Waals surface area contributed by atoms with Gasteiger partial charge in [0.15, 0.2) is 5.82 Å². The van der Waals surface area contributed by atoms with Gasteiger partial charge in [-0.25, -0.2) is 0 Å². The molecule has 1 N–H and O–H groups in total. The highest BCUT2D eigenvalue weighted by molar-refractivity contribution is 4.85. The van der Waals surface area contributed by atoms with E-state index in [1.54, 1.807) is 0 Å². The minimum atomic E-state index is 0.642. The van der Waals surface area contributed by atoms with E-state index in [9.17, 15) is 0 Å². The van der Waals surface area contributed by atoms with Gasteiger partial charge in [0.2, 0.25) is 5.89 Å².